The highest BCUT2D eigenvalue weighted by Crippen LogP contribution is 2.26. The molecule has 2 atom stereocenters. The number of rotatable bonds is 3. The summed E-state index contributed by atoms with van der Waals surface area (Å²) in [6.07, 6.45) is 5.10. The van der Waals surface area contributed by atoms with E-state index in [-0.39, 0.29) is 0 Å². The molecule has 0 spiro atoms. The first-order valence-electron chi connectivity index (χ1n) is 7.91. The highest BCUT2D eigenvalue weighted by atomic mass is 16.5. The number of nitrogens with zero attached hydrogens (tertiary/aromatic N) is 1. The monoisotopic (exact) mass is 274 g/mol. The van der Waals surface area contributed by atoms with Gasteiger partial charge in [-0.15, -0.1) is 0 Å². The molecule has 1 N–H and O–H groups in total. The van der Waals surface area contributed by atoms with Gasteiger partial charge in [-0.1, -0.05) is 18.2 Å². The molecule has 2 unspecified atom stereocenters. The van der Waals surface area contributed by atoms with Crippen molar-refractivity contribution in [2.45, 2.75) is 31.7 Å². The minimum absolute atomic E-state index is 0.669. The number of piperidine rings is 1. The summed E-state index contributed by atoms with van der Waals surface area (Å²) >= 11 is 0. The lowest BCUT2D eigenvalue weighted by molar-refractivity contribution is 0.0691. The Hall–Kier alpha value is -1.06. The van der Waals surface area contributed by atoms with Gasteiger partial charge in [0.25, 0.3) is 0 Å². The number of nitrogens with one attached hydrogen (secondary N) is 1. The van der Waals surface area contributed by atoms with Crippen molar-refractivity contribution in [3.05, 3.63) is 29.8 Å². The maximum atomic E-state index is 5.35. The molecule has 0 aromatic heterocycles. The zero-order chi connectivity index (χ0) is 13.8. The van der Waals surface area contributed by atoms with Gasteiger partial charge >= 0.3 is 0 Å². The van der Waals surface area contributed by atoms with Crippen LogP contribution in [-0.2, 0) is 11.2 Å². The maximum Gasteiger partial charge on any atom is 0.0502 e. The van der Waals surface area contributed by atoms with Crippen molar-refractivity contribution in [1.82, 2.24) is 4.90 Å². The topological polar surface area (TPSA) is 24.5 Å². The lowest BCUT2D eigenvalue weighted by atomic mass is 9.96. The van der Waals surface area contributed by atoms with E-state index in [9.17, 15) is 0 Å². The molecule has 1 aromatic carbocycles. The van der Waals surface area contributed by atoms with Crippen LogP contribution >= 0.6 is 0 Å². The Bertz CT molecular complexity index is 406. The molecular weight excluding hydrogens is 248 g/mol. The van der Waals surface area contributed by atoms with Gasteiger partial charge in [-0.05, 0) is 49.8 Å². The molecule has 0 bridgehead atoms. The van der Waals surface area contributed by atoms with Crippen LogP contribution in [0.2, 0.25) is 0 Å². The Labute approximate surface area is 122 Å². The summed E-state index contributed by atoms with van der Waals surface area (Å²) in [5, 5.41) is 3.65. The normalized spacial score (nSPS) is 27.4. The Kier molecular flexibility index (Phi) is 4.58. The van der Waals surface area contributed by atoms with Crippen LogP contribution in [0.25, 0.3) is 0 Å². The first-order chi connectivity index (χ1) is 9.86. The van der Waals surface area contributed by atoms with Crippen molar-refractivity contribution in [1.29, 1.82) is 0 Å². The first-order valence-corrected chi connectivity index (χ1v) is 7.91. The average molecular weight is 274 g/mol. The summed E-state index contributed by atoms with van der Waals surface area (Å²) in [7, 11) is 1.82. The third kappa shape index (κ3) is 3.15. The van der Waals surface area contributed by atoms with E-state index in [0.717, 1.165) is 19.1 Å². The van der Waals surface area contributed by atoms with E-state index in [1.807, 2.05) is 7.11 Å². The maximum absolute atomic E-state index is 5.35. The second-order valence-electron chi connectivity index (χ2n) is 6.19. The van der Waals surface area contributed by atoms with Gasteiger partial charge in [-0.3, -0.25) is 4.90 Å². The third-order valence-corrected chi connectivity index (χ3v) is 4.76. The van der Waals surface area contributed by atoms with Gasteiger partial charge < -0.3 is 10.1 Å². The molecule has 1 aromatic rings. The molecule has 2 heterocycles. The highest BCUT2D eigenvalue weighted by molar-refractivity contribution is 5.52. The summed E-state index contributed by atoms with van der Waals surface area (Å²) in [5.74, 6) is 0.722. The molecule has 2 aliphatic heterocycles. The number of ether oxygens (including phenoxy) is 1. The van der Waals surface area contributed by atoms with Crippen LogP contribution in [-0.4, -0.2) is 44.3 Å². The lowest BCUT2D eigenvalue weighted by Gasteiger charge is -2.37. The quantitative estimate of drug-likeness (QED) is 0.917. The van der Waals surface area contributed by atoms with Crippen LogP contribution in [0.1, 0.15) is 24.8 Å². The Balaban J connectivity index is 1.61. The summed E-state index contributed by atoms with van der Waals surface area (Å²) in [4.78, 5) is 2.69. The average Bonchev–Trinajstić information content (AvgIpc) is 2.70. The molecule has 110 valence electrons. The number of fused-ring (bicyclic) bond motifs is 1. The predicted octanol–water partition coefficient (Wildman–Crippen LogP) is 2.77. The summed E-state index contributed by atoms with van der Waals surface area (Å²) in [5.41, 5.74) is 2.81. The molecule has 0 aliphatic carbocycles. The molecule has 3 nitrogen and oxygen atoms in total. The van der Waals surface area contributed by atoms with Crippen molar-refractivity contribution in [3.8, 4) is 0 Å². The Morgan fingerprint density at radius 1 is 1.30 bits per heavy atom. The number of para-hydroxylation sites is 1. The van der Waals surface area contributed by atoms with E-state index in [1.165, 1.54) is 50.0 Å². The van der Waals surface area contributed by atoms with Crippen molar-refractivity contribution in [3.63, 3.8) is 0 Å². The van der Waals surface area contributed by atoms with E-state index in [2.05, 4.69) is 34.5 Å². The number of methoxy groups -OCH3 is 1. The summed E-state index contributed by atoms with van der Waals surface area (Å²) in [6, 6.07) is 9.41. The standard InChI is InChI=1S/C17H26N2O/c1-20-13-14-5-4-10-19(12-14)16-9-8-15-6-2-3-7-17(15)18-11-16/h2-3,6-7,14,16,18H,4-5,8-13H2,1H3. The summed E-state index contributed by atoms with van der Waals surface area (Å²) in [6.45, 7) is 4.45. The van der Waals surface area contributed by atoms with E-state index in [0.29, 0.717) is 6.04 Å². The zero-order valence-electron chi connectivity index (χ0n) is 12.5. The zero-order valence-corrected chi connectivity index (χ0v) is 12.5. The minimum atomic E-state index is 0.669. The fraction of sp³-hybridized carbons (Fsp3) is 0.647. The number of aryl methyl sites for hydroxylation is 1. The number of likely N-dealkylation sites (tertiary alicyclic amines) is 1. The second kappa shape index (κ2) is 6.59. The first kappa shape index (κ1) is 13.9. The molecule has 0 saturated carbocycles. The van der Waals surface area contributed by atoms with E-state index >= 15 is 0 Å². The van der Waals surface area contributed by atoms with Gasteiger partial charge in [0, 0.05) is 31.9 Å². The largest absolute Gasteiger partial charge is 0.384 e. The Morgan fingerprint density at radius 3 is 3.10 bits per heavy atom. The third-order valence-electron chi connectivity index (χ3n) is 4.76. The Morgan fingerprint density at radius 2 is 2.20 bits per heavy atom. The van der Waals surface area contributed by atoms with E-state index in [1.54, 1.807) is 0 Å². The molecule has 3 heteroatoms. The van der Waals surface area contributed by atoms with Gasteiger partial charge in [0.2, 0.25) is 0 Å². The van der Waals surface area contributed by atoms with Crippen molar-refractivity contribution in [2.24, 2.45) is 5.92 Å². The number of benzene rings is 1. The highest BCUT2D eigenvalue weighted by Gasteiger charge is 2.27. The van der Waals surface area contributed by atoms with E-state index < -0.39 is 0 Å². The molecule has 2 aliphatic rings. The van der Waals surface area contributed by atoms with Crippen LogP contribution in [0.3, 0.4) is 0 Å². The smallest absolute Gasteiger partial charge is 0.0502 e. The molecule has 20 heavy (non-hydrogen) atoms. The van der Waals surface area contributed by atoms with Gasteiger partial charge in [0.1, 0.15) is 0 Å². The molecular formula is C17H26N2O. The minimum Gasteiger partial charge on any atom is -0.384 e. The second-order valence-corrected chi connectivity index (χ2v) is 6.19. The van der Waals surface area contributed by atoms with Gasteiger partial charge in [0.05, 0.1) is 6.61 Å². The van der Waals surface area contributed by atoms with E-state index in [4.69, 9.17) is 4.74 Å². The number of anilines is 1. The van der Waals surface area contributed by atoms with Crippen LogP contribution in [0.4, 0.5) is 5.69 Å². The fourth-order valence-electron chi connectivity index (χ4n) is 3.68. The lowest BCUT2D eigenvalue weighted by Crippen LogP contribution is -2.46. The fourth-order valence-corrected chi connectivity index (χ4v) is 3.68. The predicted molar refractivity (Wildman–Crippen MR) is 83.2 cm³/mol. The van der Waals surface area contributed by atoms with Crippen molar-refractivity contribution >= 4 is 5.69 Å². The SMILES string of the molecule is COCC1CCCN(C2CCc3ccccc3NC2)C1. The van der Waals surface area contributed by atoms with Crippen molar-refractivity contribution < 1.29 is 4.74 Å². The molecule has 1 fully saturated rings. The van der Waals surface area contributed by atoms with Crippen molar-refractivity contribution in [2.75, 3.05) is 38.7 Å². The number of hydrogen-bond acceptors (Lipinski definition) is 3. The van der Waals surface area contributed by atoms with Crippen LogP contribution in [0.15, 0.2) is 24.3 Å². The molecule has 3 rings (SSSR count). The number of hydrogen-bond donors (Lipinski definition) is 1. The van der Waals surface area contributed by atoms with Crippen LogP contribution in [0, 0.1) is 5.92 Å². The summed E-state index contributed by atoms with van der Waals surface area (Å²) < 4.78 is 5.35. The van der Waals surface area contributed by atoms with Crippen LogP contribution < -0.4 is 5.32 Å². The van der Waals surface area contributed by atoms with Gasteiger partial charge in [0.15, 0.2) is 0 Å². The van der Waals surface area contributed by atoms with Crippen LogP contribution in [0.5, 0.6) is 0 Å². The molecule has 0 amide bonds. The van der Waals surface area contributed by atoms with Gasteiger partial charge in [-0.2, -0.15) is 0 Å². The molecule has 1 saturated heterocycles. The molecule has 0 radical (unpaired) electrons. The van der Waals surface area contributed by atoms with Gasteiger partial charge in [-0.25, -0.2) is 0 Å².